The van der Waals surface area contributed by atoms with Gasteiger partial charge in [0, 0.05) is 8.07 Å². The van der Waals surface area contributed by atoms with E-state index in [0.29, 0.717) is 0 Å². The molecule has 1 rings (SSSR count). The van der Waals surface area contributed by atoms with Crippen molar-refractivity contribution < 1.29 is 0 Å². The maximum Gasteiger partial charge on any atom is 0.0442 e. The van der Waals surface area contributed by atoms with E-state index < -0.39 is 8.07 Å². The first-order valence-electron chi connectivity index (χ1n) is 6.91. The highest BCUT2D eigenvalue weighted by Gasteiger charge is 2.17. The number of hydrogen-bond donors (Lipinski definition) is 0. The van der Waals surface area contributed by atoms with Crippen LogP contribution < -0.4 is 0 Å². The summed E-state index contributed by atoms with van der Waals surface area (Å²) < 4.78 is 0. The Kier molecular flexibility index (Phi) is 5.96. The minimum absolute atomic E-state index is 0.804. The van der Waals surface area contributed by atoms with E-state index in [1.165, 1.54) is 63.8 Å². The Morgan fingerprint density at radius 3 is 1.73 bits per heavy atom. The van der Waals surface area contributed by atoms with Gasteiger partial charge in [0.2, 0.25) is 0 Å². The molecular formula is C14H29Si. The van der Waals surface area contributed by atoms with Crippen LogP contribution in [0.2, 0.25) is 25.7 Å². The van der Waals surface area contributed by atoms with Crippen LogP contribution in [0.4, 0.5) is 0 Å². The predicted octanol–water partition coefficient (Wildman–Crippen LogP) is 5.42. The van der Waals surface area contributed by atoms with Crippen LogP contribution in [0.5, 0.6) is 0 Å². The van der Waals surface area contributed by atoms with E-state index in [9.17, 15) is 0 Å². The highest BCUT2D eigenvalue weighted by Crippen LogP contribution is 2.29. The Balaban J connectivity index is 2.24. The summed E-state index contributed by atoms with van der Waals surface area (Å²) in [5, 5.41) is 0. The molecule has 0 aromatic carbocycles. The summed E-state index contributed by atoms with van der Waals surface area (Å²) in [6, 6.07) is 1.52. The second kappa shape index (κ2) is 6.73. The average Bonchev–Trinajstić information content (AvgIpc) is 2.26. The van der Waals surface area contributed by atoms with Gasteiger partial charge in [-0.05, 0) is 25.2 Å². The maximum absolute atomic E-state index is 2.50. The van der Waals surface area contributed by atoms with Gasteiger partial charge in [-0.2, -0.15) is 0 Å². The van der Waals surface area contributed by atoms with Crippen molar-refractivity contribution in [1.29, 1.82) is 0 Å². The Labute approximate surface area is 97.9 Å². The van der Waals surface area contributed by atoms with Crippen LogP contribution in [0.15, 0.2) is 0 Å². The zero-order chi connectivity index (χ0) is 11.1. The second-order valence-corrected chi connectivity index (χ2v) is 12.1. The Hall–Kier alpha value is 0.217. The normalized spacial score (nSPS) is 21.8. The van der Waals surface area contributed by atoms with Crippen LogP contribution in [-0.2, 0) is 0 Å². The van der Waals surface area contributed by atoms with Gasteiger partial charge in [-0.3, -0.25) is 0 Å². The van der Waals surface area contributed by atoms with E-state index in [4.69, 9.17) is 0 Å². The molecule has 0 aliphatic heterocycles. The van der Waals surface area contributed by atoms with Gasteiger partial charge in [-0.15, -0.1) is 0 Å². The molecule has 0 aromatic heterocycles. The Morgan fingerprint density at radius 2 is 1.27 bits per heavy atom. The summed E-state index contributed by atoms with van der Waals surface area (Å²) >= 11 is 0. The minimum Gasteiger partial charge on any atom is -0.0695 e. The third-order valence-corrected chi connectivity index (χ3v) is 5.29. The molecule has 0 heterocycles. The minimum atomic E-state index is -0.804. The van der Waals surface area contributed by atoms with Gasteiger partial charge in [0.05, 0.1) is 0 Å². The zero-order valence-corrected chi connectivity index (χ0v) is 12.1. The quantitative estimate of drug-likeness (QED) is 0.562. The van der Waals surface area contributed by atoms with Crippen LogP contribution in [0.1, 0.15) is 57.8 Å². The van der Waals surface area contributed by atoms with Gasteiger partial charge in [-0.25, -0.2) is 0 Å². The molecule has 89 valence electrons. The molecule has 0 N–H and O–H groups in total. The van der Waals surface area contributed by atoms with E-state index in [2.05, 4.69) is 19.6 Å². The molecule has 0 aromatic rings. The van der Waals surface area contributed by atoms with Crippen LogP contribution in [0.3, 0.4) is 0 Å². The van der Waals surface area contributed by atoms with Crippen molar-refractivity contribution in [3.8, 4) is 0 Å². The van der Waals surface area contributed by atoms with Gasteiger partial charge in [0.15, 0.2) is 0 Å². The fourth-order valence-corrected chi connectivity index (χ4v) is 3.49. The van der Waals surface area contributed by atoms with Crippen molar-refractivity contribution in [2.75, 3.05) is 0 Å². The van der Waals surface area contributed by atoms with E-state index in [0.717, 1.165) is 0 Å². The van der Waals surface area contributed by atoms with Gasteiger partial charge < -0.3 is 0 Å². The van der Waals surface area contributed by atoms with Gasteiger partial charge in [-0.1, -0.05) is 64.2 Å². The first-order valence-corrected chi connectivity index (χ1v) is 10.6. The topological polar surface area (TPSA) is 0 Å². The molecule has 0 unspecified atom stereocenters. The SMILES string of the molecule is C[Si](C)(C)CC[C]1CCCCCCCC1. The molecule has 1 heteroatoms. The first kappa shape index (κ1) is 13.3. The lowest BCUT2D eigenvalue weighted by Crippen LogP contribution is -2.20. The second-order valence-electron chi connectivity index (χ2n) is 6.43. The smallest absolute Gasteiger partial charge is 0.0442 e. The average molecular weight is 225 g/mol. The molecule has 0 bridgehead atoms. The summed E-state index contributed by atoms with van der Waals surface area (Å²) in [7, 11) is -0.804. The third-order valence-electron chi connectivity index (χ3n) is 3.54. The zero-order valence-electron chi connectivity index (χ0n) is 11.1. The molecule has 0 spiro atoms. The molecule has 1 aliphatic carbocycles. The van der Waals surface area contributed by atoms with E-state index in [-0.39, 0.29) is 0 Å². The van der Waals surface area contributed by atoms with E-state index >= 15 is 0 Å². The Bertz CT molecular complexity index is 147. The number of hydrogen-bond acceptors (Lipinski definition) is 0. The molecule has 0 saturated heterocycles. The Morgan fingerprint density at radius 1 is 0.800 bits per heavy atom. The van der Waals surface area contributed by atoms with Crippen molar-refractivity contribution in [3.05, 3.63) is 5.92 Å². The molecule has 1 aliphatic rings. The van der Waals surface area contributed by atoms with Crippen molar-refractivity contribution in [2.24, 2.45) is 0 Å². The summed E-state index contributed by atoms with van der Waals surface area (Å²) in [5.41, 5.74) is 0. The lowest BCUT2D eigenvalue weighted by atomic mass is 9.94. The first-order chi connectivity index (χ1) is 7.08. The summed E-state index contributed by atoms with van der Waals surface area (Å²) in [6.07, 6.45) is 13.2. The fourth-order valence-electron chi connectivity index (χ4n) is 2.38. The number of rotatable bonds is 3. The van der Waals surface area contributed by atoms with Crippen LogP contribution in [-0.4, -0.2) is 8.07 Å². The molecule has 1 fully saturated rings. The van der Waals surface area contributed by atoms with Gasteiger partial charge in [0.25, 0.3) is 0 Å². The van der Waals surface area contributed by atoms with Crippen molar-refractivity contribution >= 4 is 8.07 Å². The molecule has 1 saturated carbocycles. The standard InChI is InChI=1S/C14H29Si/c1-15(2,3)13-12-14-10-8-6-4-5-7-9-11-14/h4-13H2,1-3H3. The van der Waals surface area contributed by atoms with Crippen molar-refractivity contribution in [2.45, 2.75) is 83.5 Å². The summed E-state index contributed by atoms with van der Waals surface area (Å²) in [5.74, 6) is 1.90. The van der Waals surface area contributed by atoms with Crippen LogP contribution >= 0.6 is 0 Å². The highest BCUT2D eigenvalue weighted by molar-refractivity contribution is 6.76. The molecular weight excluding hydrogens is 196 g/mol. The van der Waals surface area contributed by atoms with Crippen molar-refractivity contribution in [1.82, 2.24) is 0 Å². The molecule has 1 radical (unpaired) electrons. The fraction of sp³-hybridized carbons (Fsp3) is 0.929. The molecule has 0 amide bonds. The predicted molar refractivity (Wildman–Crippen MR) is 72.9 cm³/mol. The molecule has 0 nitrogen and oxygen atoms in total. The monoisotopic (exact) mass is 225 g/mol. The third kappa shape index (κ3) is 7.16. The van der Waals surface area contributed by atoms with E-state index in [1.807, 2.05) is 5.92 Å². The highest BCUT2D eigenvalue weighted by atomic mass is 28.3. The summed E-state index contributed by atoms with van der Waals surface area (Å²) in [6.45, 7) is 7.51. The van der Waals surface area contributed by atoms with Crippen molar-refractivity contribution in [3.63, 3.8) is 0 Å². The maximum atomic E-state index is 2.50. The lowest BCUT2D eigenvalue weighted by molar-refractivity contribution is 0.622. The van der Waals surface area contributed by atoms with Crippen LogP contribution in [0.25, 0.3) is 0 Å². The largest absolute Gasteiger partial charge is 0.0695 e. The van der Waals surface area contributed by atoms with Gasteiger partial charge >= 0.3 is 0 Å². The van der Waals surface area contributed by atoms with Crippen LogP contribution in [0, 0.1) is 5.92 Å². The summed E-state index contributed by atoms with van der Waals surface area (Å²) in [4.78, 5) is 0. The molecule has 0 atom stereocenters. The molecule has 15 heavy (non-hydrogen) atoms. The van der Waals surface area contributed by atoms with Gasteiger partial charge in [0.1, 0.15) is 0 Å². The lowest BCUT2D eigenvalue weighted by Gasteiger charge is -2.21. The van der Waals surface area contributed by atoms with E-state index in [1.54, 1.807) is 0 Å².